The minimum atomic E-state index is -0.406. The summed E-state index contributed by atoms with van der Waals surface area (Å²) >= 11 is 0. The molecule has 0 radical (unpaired) electrons. The molecule has 4 nitrogen and oxygen atoms in total. The lowest BCUT2D eigenvalue weighted by Crippen LogP contribution is -2.00. The smallest absolute Gasteiger partial charge is 0.123 e. The van der Waals surface area contributed by atoms with Crippen LogP contribution in [0.25, 0.3) is 121 Å². The molecule has 64 heavy (non-hydrogen) atoms. The van der Waals surface area contributed by atoms with Gasteiger partial charge in [-0.05, 0) is 142 Å². The summed E-state index contributed by atoms with van der Waals surface area (Å²) in [4.78, 5) is 10.3. The maximum Gasteiger partial charge on any atom is 0.123 e. The maximum atomic E-state index is 14.9. The van der Waals surface area contributed by atoms with Crippen LogP contribution in [0.1, 0.15) is 0 Å². The Bertz CT molecular complexity index is 3750. The van der Waals surface area contributed by atoms with Gasteiger partial charge in [-0.2, -0.15) is 0 Å². The molecule has 0 aliphatic heterocycles. The summed E-state index contributed by atoms with van der Waals surface area (Å²) in [5, 5.41) is 10.0. The fourth-order valence-corrected chi connectivity index (χ4v) is 10.1. The van der Waals surface area contributed by atoms with E-state index >= 15 is 0 Å². The van der Waals surface area contributed by atoms with Crippen molar-refractivity contribution in [3.8, 4) is 33.9 Å². The number of hydrogen-bond donors (Lipinski definition) is 0. The lowest BCUT2D eigenvalue weighted by molar-refractivity contribution is 0.628. The van der Waals surface area contributed by atoms with E-state index in [1.807, 2.05) is 48.8 Å². The zero-order chi connectivity index (χ0) is 42.8. The maximum absolute atomic E-state index is 14.9. The van der Waals surface area contributed by atoms with E-state index < -0.39 is 23.3 Å². The molecule has 0 N–H and O–H groups in total. The van der Waals surface area contributed by atoms with Crippen molar-refractivity contribution in [2.45, 2.75) is 0 Å². The Morgan fingerprint density at radius 3 is 1.03 bits per heavy atom. The second-order valence-corrected chi connectivity index (χ2v) is 16.3. The van der Waals surface area contributed by atoms with Crippen LogP contribution in [0.3, 0.4) is 0 Å². The predicted octanol–water partition coefficient (Wildman–Crippen LogP) is 15.2. The van der Waals surface area contributed by atoms with Crippen molar-refractivity contribution < 1.29 is 17.6 Å². The number of rotatable bonds is 4. The molecule has 0 saturated carbocycles. The number of nitrogens with zero attached hydrogens (tertiary/aromatic N) is 4. The molecule has 13 rings (SSSR count). The van der Waals surface area contributed by atoms with E-state index in [0.717, 1.165) is 99.0 Å². The van der Waals surface area contributed by atoms with Gasteiger partial charge in [-0.1, -0.05) is 60.7 Å². The highest BCUT2D eigenvalue weighted by molar-refractivity contribution is 6.25. The minimum absolute atomic E-state index is 0.406. The molecule has 0 unspecified atom stereocenters. The zero-order valence-corrected chi connectivity index (χ0v) is 33.6. The fourth-order valence-electron chi connectivity index (χ4n) is 10.1. The third kappa shape index (κ3) is 5.29. The number of benzene rings is 9. The lowest BCUT2D eigenvalue weighted by Gasteiger charge is -2.21. The first-order chi connectivity index (χ1) is 31.4. The van der Waals surface area contributed by atoms with Crippen LogP contribution >= 0.6 is 0 Å². The number of fused-ring (bicyclic) bond motifs is 10. The van der Waals surface area contributed by atoms with Gasteiger partial charge in [0.1, 0.15) is 23.3 Å². The van der Waals surface area contributed by atoms with E-state index in [2.05, 4.69) is 69.8 Å². The Kier molecular flexibility index (Phi) is 7.70. The van der Waals surface area contributed by atoms with Crippen LogP contribution in [0.15, 0.2) is 182 Å². The summed E-state index contributed by atoms with van der Waals surface area (Å²) in [7, 11) is 0. The average Bonchev–Trinajstić information content (AvgIpc) is 3.81. The molecule has 0 bridgehead atoms. The Morgan fingerprint density at radius 1 is 0.297 bits per heavy atom. The van der Waals surface area contributed by atoms with Crippen LogP contribution < -0.4 is 0 Å². The van der Waals surface area contributed by atoms with E-state index in [4.69, 9.17) is 9.97 Å². The van der Waals surface area contributed by atoms with Crippen LogP contribution in [-0.4, -0.2) is 19.1 Å². The molecular weight excluding hydrogens is 805 g/mol. The van der Waals surface area contributed by atoms with Crippen LogP contribution in [0.5, 0.6) is 0 Å². The van der Waals surface area contributed by atoms with Gasteiger partial charge in [-0.25, -0.2) is 17.6 Å². The molecular formula is C56H30F4N4. The quantitative estimate of drug-likeness (QED) is 0.131. The molecule has 0 saturated heterocycles. The van der Waals surface area contributed by atoms with Crippen molar-refractivity contribution in [1.29, 1.82) is 0 Å². The van der Waals surface area contributed by atoms with E-state index in [1.165, 1.54) is 48.5 Å². The van der Waals surface area contributed by atoms with Crippen molar-refractivity contribution in [3.05, 3.63) is 206 Å². The van der Waals surface area contributed by atoms with Gasteiger partial charge in [0.05, 0.1) is 33.5 Å². The lowest BCUT2D eigenvalue weighted by atomic mass is 9.86. The molecule has 13 aromatic rings. The molecule has 0 atom stereocenters. The molecule has 4 aromatic heterocycles. The topological polar surface area (TPSA) is 35.6 Å². The second-order valence-electron chi connectivity index (χ2n) is 16.3. The zero-order valence-electron chi connectivity index (χ0n) is 33.6. The van der Waals surface area contributed by atoms with Gasteiger partial charge in [-0.3, -0.25) is 9.97 Å². The summed E-state index contributed by atoms with van der Waals surface area (Å²) in [5.41, 5.74) is 7.88. The normalized spacial score (nSPS) is 12.1. The number of aromatic nitrogens is 4. The number of hydrogen-bond acceptors (Lipinski definition) is 2. The first kappa shape index (κ1) is 36.3. The molecule has 0 fully saturated rings. The molecule has 8 heteroatoms. The Hall–Kier alpha value is -8.36. The molecule has 0 amide bonds. The predicted molar refractivity (Wildman–Crippen MR) is 251 cm³/mol. The summed E-state index contributed by atoms with van der Waals surface area (Å²) in [5.74, 6) is -1.62. The molecule has 302 valence electrons. The summed E-state index contributed by atoms with van der Waals surface area (Å²) in [6.45, 7) is 0. The first-order valence-corrected chi connectivity index (χ1v) is 20.9. The van der Waals surface area contributed by atoms with Crippen molar-refractivity contribution >= 4 is 86.7 Å². The molecule has 4 heterocycles. The van der Waals surface area contributed by atoms with Gasteiger partial charge in [0.15, 0.2) is 0 Å². The van der Waals surface area contributed by atoms with Crippen LogP contribution in [0.2, 0.25) is 0 Å². The molecule has 9 aromatic carbocycles. The van der Waals surface area contributed by atoms with Crippen molar-refractivity contribution in [2.75, 3.05) is 0 Å². The number of pyridine rings is 2. The third-order valence-electron chi connectivity index (χ3n) is 12.8. The minimum Gasteiger partial charge on any atom is -0.309 e. The standard InChI is InChI=1S/C56H30F4N4/c57-33-9-17-49-43(25-33)44-26-34(58)10-18-50(44)63(49)37-14-16-42-47(29-37)53(55-39-7-3-1-5-31(39)21-23-61-55)41-15-13-38(30-48(41)54(42)56-40-8-4-2-6-32(40)22-24-62-56)64-51-19-11-35(59)27-45(51)46-28-36(60)12-20-52(46)64/h1-30H. The molecule has 0 aliphatic rings. The highest BCUT2D eigenvalue weighted by Gasteiger charge is 2.24. The molecule has 0 spiro atoms. The van der Waals surface area contributed by atoms with Gasteiger partial charge in [0.2, 0.25) is 0 Å². The largest absolute Gasteiger partial charge is 0.309 e. The Morgan fingerprint density at radius 2 is 0.656 bits per heavy atom. The molecule has 0 aliphatic carbocycles. The van der Waals surface area contributed by atoms with Gasteiger partial charge in [0, 0.05) is 67.2 Å². The third-order valence-corrected chi connectivity index (χ3v) is 12.8. The van der Waals surface area contributed by atoms with Gasteiger partial charge < -0.3 is 9.13 Å². The SMILES string of the molecule is Fc1ccc2c(c1)c1cc(F)ccc1n2-c1ccc2c(-c3nccc4ccccc34)c3cc(-n4c5ccc(F)cc5c5cc(F)ccc54)ccc3c(-c3nccc4ccccc34)c2c1. The average molecular weight is 835 g/mol. The highest BCUT2D eigenvalue weighted by Crippen LogP contribution is 2.48. The van der Waals surface area contributed by atoms with Crippen LogP contribution in [0, 0.1) is 23.3 Å². The Balaban J connectivity index is 1.22. The summed E-state index contributed by atoms with van der Waals surface area (Å²) < 4.78 is 63.6. The summed E-state index contributed by atoms with van der Waals surface area (Å²) in [6, 6.07) is 51.5. The van der Waals surface area contributed by atoms with Gasteiger partial charge >= 0.3 is 0 Å². The van der Waals surface area contributed by atoms with Crippen LogP contribution in [0.4, 0.5) is 17.6 Å². The number of halogens is 4. The Labute approximate surface area is 361 Å². The van der Waals surface area contributed by atoms with Crippen LogP contribution in [-0.2, 0) is 0 Å². The fraction of sp³-hybridized carbons (Fsp3) is 0. The van der Waals surface area contributed by atoms with E-state index in [-0.39, 0.29) is 0 Å². The summed E-state index contributed by atoms with van der Waals surface area (Å²) in [6.07, 6.45) is 3.67. The second kappa shape index (κ2) is 13.6. The van der Waals surface area contributed by atoms with E-state index in [0.29, 0.717) is 21.5 Å². The van der Waals surface area contributed by atoms with E-state index in [1.54, 1.807) is 24.3 Å². The highest BCUT2D eigenvalue weighted by atomic mass is 19.1. The van der Waals surface area contributed by atoms with E-state index in [9.17, 15) is 17.6 Å². The van der Waals surface area contributed by atoms with Gasteiger partial charge in [0.25, 0.3) is 0 Å². The monoisotopic (exact) mass is 834 g/mol. The van der Waals surface area contributed by atoms with Crippen molar-refractivity contribution in [2.24, 2.45) is 0 Å². The van der Waals surface area contributed by atoms with Crippen molar-refractivity contribution in [1.82, 2.24) is 19.1 Å². The first-order valence-electron chi connectivity index (χ1n) is 20.9. The van der Waals surface area contributed by atoms with Crippen molar-refractivity contribution in [3.63, 3.8) is 0 Å². The van der Waals surface area contributed by atoms with Gasteiger partial charge in [-0.15, -0.1) is 0 Å².